The van der Waals surface area contributed by atoms with Crippen LogP contribution in [0.1, 0.15) is 35.7 Å². The Hall–Kier alpha value is -2.28. The first kappa shape index (κ1) is 13.4. The van der Waals surface area contributed by atoms with Crippen LogP contribution in [0.15, 0.2) is 6.33 Å². The highest BCUT2D eigenvalue weighted by molar-refractivity contribution is 5.67. The van der Waals surface area contributed by atoms with Crippen molar-refractivity contribution in [2.75, 3.05) is 19.4 Å². The van der Waals surface area contributed by atoms with Gasteiger partial charge in [0.05, 0.1) is 18.5 Å². The van der Waals surface area contributed by atoms with Crippen molar-refractivity contribution in [2.24, 2.45) is 0 Å². The monoisotopic (exact) mass is 298 g/mol. The zero-order valence-corrected chi connectivity index (χ0v) is 12.5. The summed E-state index contributed by atoms with van der Waals surface area (Å²) in [5.41, 5.74) is 9.91. The number of aromatic nitrogens is 4. The molecule has 0 spiro atoms. The van der Waals surface area contributed by atoms with E-state index in [1.54, 1.807) is 13.4 Å². The normalized spacial score (nSPS) is 17.1. The van der Waals surface area contributed by atoms with Crippen LogP contribution >= 0.6 is 0 Å². The average Bonchev–Trinajstić information content (AvgIpc) is 3.39. The molecule has 0 aromatic carbocycles. The Labute approximate surface area is 128 Å². The number of rotatable bonds is 3. The molecular formula is C15H18N6O. The number of nitrogens with two attached hydrogens (primary N) is 1. The standard InChI is InChI=1S/C15H18N6O/c1-22-15-11(12(8-2-3-8)18-7-19-15)14-20-10-6-17-5-4-9(10)13(16)21-14/h7-8,17H,2-6H2,1H3,(H2,16,20,21). The summed E-state index contributed by atoms with van der Waals surface area (Å²) in [6.07, 6.45) is 4.67. The Morgan fingerprint density at radius 3 is 2.91 bits per heavy atom. The van der Waals surface area contributed by atoms with Gasteiger partial charge in [0.2, 0.25) is 5.88 Å². The molecule has 3 heterocycles. The Morgan fingerprint density at radius 2 is 2.14 bits per heavy atom. The van der Waals surface area contributed by atoms with Gasteiger partial charge in [-0.15, -0.1) is 0 Å². The summed E-state index contributed by atoms with van der Waals surface area (Å²) in [7, 11) is 1.60. The number of nitrogens with zero attached hydrogens (tertiary/aromatic N) is 4. The molecule has 2 aromatic heterocycles. The maximum absolute atomic E-state index is 6.15. The molecule has 1 aliphatic heterocycles. The summed E-state index contributed by atoms with van der Waals surface area (Å²) in [4.78, 5) is 17.9. The zero-order chi connectivity index (χ0) is 15.1. The molecule has 7 heteroatoms. The highest BCUT2D eigenvalue weighted by Gasteiger charge is 2.32. The molecule has 4 rings (SSSR count). The van der Waals surface area contributed by atoms with Gasteiger partial charge >= 0.3 is 0 Å². The number of anilines is 1. The van der Waals surface area contributed by atoms with Gasteiger partial charge in [-0.2, -0.15) is 0 Å². The van der Waals surface area contributed by atoms with Crippen LogP contribution in [0.4, 0.5) is 5.82 Å². The van der Waals surface area contributed by atoms with Crippen molar-refractivity contribution in [3.8, 4) is 17.3 Å². The van der Waals surface area contributed by atoms with Gasteiger partial charge in [-0.3, -0.25) is 0 Å². The predicted octanol–water partition coefficient (Wildman–Crippen LogP) is 1.05. The number of ether oxygens (including phenoxy) is 1. The largest absolute Gasteiger partial charge is 0.480 e. The Balaban J connectivity index is 1.90. The number of methoxy groups -OCH3 is 1. The minimum Gasteiger partial charge on any atom is -0.480 e. The highest BCUT2D eigenvalue weighted by atomic mass is 16.5. The lowest BCUT2D eigenvalue weighted by Gasteiger charge is -2.19. The Kier molecular flexibility index (Phi) is 3.15. The third-order valence-corrected chi connectivity index (χ3v) is 4.19. The third kappa shape index (κ3) is 2.18. The number of hydrogen-bond donors (Lipinski definition) is 2. The van der Waals surface area contributed by atoms with Crippen LogP contribution in [0, 0.1) is 0 Å². The number of nitrogen functional groups attached to an aromatic ring is 1. The molecule has 2 aliphatic rings. The highest BCUT2D eigenvalue weighted by Crippen LogP contribution is 2.45. The molecule has 0 bridgehead atoms. The van der Waals surface area contributed by atoms with E-state index in [2.05, 4.69) is 20.3 Å². The molecule has 7 nitrogen and oxygen atoms in total. The zero-order valence-electron chi connectivity index (χ0n) is 12.5. The van der Waals surface area contributed by atoms with Crippen LogP contribution < -0.4 is 15.8 Å². The van der Waals surface area contributed by atoms with Gasteiger partial charge in [-0.1, -0.05) is 0 Å². The van der Waals surface area contributed by atoms with E-state index >= 15 is 0 Å². The molecule has 22 heavy (non-hydrogen) atoms. The van der Waals surface area contributed by atoms with Gasteiger partial charge in [0, 0.05) is 18.0 Å². The van der Waals surface area contributed by atoms with Crippen LogP contribution in [0.5, 0.6) is 5.88 Å². The molecular weight excluding hydrogens is 280 g/mol. The fourth-order valence-electron chi connectivity index (χ4n) is 2.91. The Bertz CT molecular complexity index is 728. The molecule has 114 valence electrons. The van der Waals surface area contributed by atoms with Crippen molar-refractivity contribution >= 4 is 5.82 Å². The van der Waals surface area contributed by atoms with Crippen molar-refractivity contribution in [1.29, 1.82) is 0 Å². The predicted molar refractivity (Wildman–Crippen MR) is 81.4 cm³/mol. The van der Waals surface area contributed by atoms with Crippen LogP contribution in [0.25, 0.3) is 11.4 Å². The second kappa shape index (κ2) is 5.17. The van der Waals surface area contributed by atoms with Gasteiger partial charge in [0.1, 0.15) is 17.7 Å². The van der Waals surface area contributed by atoms with Crippen molar-refractivity contribution in [3.63, 3.8) is 0 Å². The van der Waals surface area contributed by atoms with Gasteiger partial charge in [-0.25, -0.2) is 19.9 Å². The first-order valence-corrected chi connectivity index (χ1v) is 7.53. The molecule has 1 fully saturated rings. The van der Waals surface area contributed by atoms with E-state index in [0.29, 0.717) is 30.0 Å². The summed E-state index contributed by atoms with van der Waals surface area (Å²) in [5, 5.41) is 3.32. The lowest BCUT2D eigenvalue weighted by atomic mass is 10.1. The second-order valence-corrected chi connectivity index (χ2v) is 5.70. The topological polar surface area (TPSA) is 98.8 Å². The molecule has 0 atom stereocenters. The van der Waals surface area contributed by atoms with Crippen LogP contribution in [0.3, 0.4) is 0 Å². The number of nitrogens with one attached hydrogen (secondary N) is 1. The quantitative estimate of drug-likeness (QED) is 0.873. The van der Waals surface area contributed by atoms with Crippen molar-refractivity contribution < 1.29 is 4.74 Å². The van der Waals surface area contributed by atoms with Crippen molar-refractivity contribution in [1.82, 2.24) is 25.3 Å². The number of hydrogen-bond acceptors (Lipinski definition) is 7. The fourth-order valence-corrected chi connectivity index (χ4v) is 2.91. The van der Waals surface area contributed by atoms with Crippen molar-refractivity contribution in [2.45, 2.75) is 31.7 Å². The van der Waals surface area contributed by atoms with Crippen LogP contribution in [-0.4, -0.2) is 33.6 Å². The SMILES string of the molecule is COc1ncnc(C2CC2)c1-c1nc(N)c2c(n1)CNCC2. The van der Waals surface area contributed by atoms with E-state index < -0.39 is 0 Å². The van der Waals surface area contributed by atoms with Crippen molar-refractivity contribution in [3.05, 3.63) is 23.3 Å². The molecule has 1 aliphatic carbocycles. The van der Waals surface area contributed by atoms with E-state index in [-0.39, 0.29) is 0 Å². The van der Waals surface area contributed by atoms with E-state index in [0.717, 1.165) is 48.3 Å². The van der Waals surface area contributed by atoms with E-state index in [9.17, 15) is 0 Å². The van der Waals surface area contributed by atoms with Crippen LogP contribution in [-0.2, 0) is 13.0 Å². The molecule has 0 radical (unpaired) electrons. The van der Waals surface area contributed by atoms with E-state index in [4.69, 9.17) is 15.5 Å². The smallest absolute Gasteiger partial charge is 0.227 e. The third-order valence-electron chi connectivity index (χ3n) is 4.19. The van der Waals surface area contributed by atoms with E-state index in [1.807, 2.05) is 0 Å². The Morgan fingerprint density at radius 1 is 1.27 bits per heavy atom. The van der Waals surface area contributed by atoms with Gasteiger partial charge in [0.15, 0.2) is 5.82 Å². The molecule has 1 saturated carbocycles. The van der Waals surface area contributed by atoms with E-state index in [1.165, 1.54) is 0 Å². The first-order chi connectivity index (χ1) is 10.8. The van der Waals surface area contributed by atoms with Gasteiger partial charge in [0.25, 0.3) is 0 Å². The van der Waals surface area contributed by atoms with Crippen LogP contribution in [0.2, 0.25) is 0 Å². The summed E-state index contributed by atoms with van der Waals surface area (Å²) in [6, 6.07) is 0. The molecule has 2 aromatic rings. The molecule has 3 N–H and O–H groups in total. The van der Waals surface area contributed by atoms with Gasteiger partial charge in [-0.05, 0) is 25.8 Å². The summed E-state index contributed by atoms with van der Waals surface area (Å²) in [5.74, 6) is 2.08. The maximum atomic E-state index is 6.15. The summed E-state index contributed by atoms with van der Waals surface area (Å²) < 4.78 is 5.41. The maximum Gasteiger partial charge on any atom is 0.227 e. The summed E-state index contributed by atoms with van der Waals surface area (Å²) >= 11 is 0. The minimum absolute atomic E-state index is 0.450. The fraction of sp³-hybridized carbons (Fsp3) is 0.467. The lowest BCUT2D eigenvalue weighted by molar-refractivity contribution is 0.397. The first-order valence-electron chi connectivity index (χ1n) is 7.53. The molecule has 0 saturated heterocycles. The molecule has 0 amide bonds. The summed E-state index contributed by atoms with van der Waals surface area (Å²) in [6.45, 7) is 1.62. The van der Waals surface area contributed by atoms with Gasteiger partial charge < -0.3 is 15.8 Å². The average molecular weight is 298 g/mol. The second-order valence-electron chi connectivity index (χ2n) is 5.70. The lowest BCUT2D eigenvalue weighted by Crippen LogP contribution is -2.26. The molecule has 0 unspecified atom stereocenters. The minimum atomic E-state index is 0.450. The number of fused-ring (bicyclic) bond motifs is 1.